The molecule has 0 aromatic heterocycles. The molecule has 1 unspecified atom stereocenters. The van der Waals surface area contributed by atoms with Crippen LogP contribution in [0.1, 0.15) is 66.0 Å². The monoisotopic (exact) mass is 627 g/mol. The molecule has 9 heteroatoms. The molecule has 3 aromatic rings. The highest BCUT2D eigenvalue weighted by Crippen LogP contribution is 2.56. The molecule has 232 valence electrons. The molecule has 0 amide bonds. The summed E-state index contributed by atoms with van der Waals surface area (Å²) in [6.07, 6.45) is 1.26. The molecule has 43 heavy (non-hydrogen) atoms. The first-order valence-corrected chi connectivity index (χ1v) is 16.8. The Morgan fingerprint density at radius 3 is 2.14 bits per heavy atom. The number of nitrogens with zero attached hydrogens (tertiary/aromatic N) is 1. The van der Waals surface area contributed by atoms with Crippen molar-refractivity contribution < 1.29 is 27.3 Å². The molecule has 1 aliphatic rings. The van der Waals surface area contributed by atoms with Gasteiger partial charge in [-0.25, -0.2) is 13.9 Å². The van der Waals surface area contributed by atoms with E-state index in [-0.39, 0.29) is 12.4 Å². The van der Waals surface area contributed by atoms with Crippen LogP contribution >= 0.6 is 19.6 Å². The molecule has 1 aliphatic heterocycles. The summed E-state index contributed by atoms with van der Waals surface area (Å²) >= 11 is 1.55. The van der Waals surface area contributed by atoms with Crippen LogP contribution in [0.2, 0.25) is 0 Å². The zero-order chi connectivity index (χ0) is 31.5. The van der Waals surface area contributed by atoms with E-state index < -0.39 is 24.6 Å². The van der Waals surface area contributed by atoms with Crippen LogP contribution in [0.3, 0.4) is 0 Å². The fourth-order valence-corrected chi connectivity index (χ4v) is 7.53. The first-order valence-electron chi connectivity index (χ1n) is 14.5. The standard InChI is InChI=1S/C34H43FNO5PS/c1-24-10-9-11-28(20-24)43-29-16-17-30(31(35)21-29)27-14-12-26(13-15-27)18-19-34(22-38-25(2)36-34)23-39-42(37,40-32(3,4)5)41-33(6,7)8/h9-17,20-21H,18-19,22-23H2,1-8H3. The average molecular weight is 628 g/mol. The van der Waals surface area contributed by atoms with Crippen molar-refractivity contribution in [1.82, 2.24) is 0 Å². The number of hydrogen-bond acceptors (Lipinski definition) is 7. The second-order valence-corrected chi connectivity index (χ2v) is 15.7. The van der Waals surface area contributed by atoms with Gasteiger partial charge >= 0.3 is 7.82 Å². The maximum Gasteiger partial charge on any atom is 0.475 e. The van der Waals surface area contributed by atoms with Gasteiger partial charge in [-0.3, -0.25) is 13.6 Å². The zero-order valence-electron chi connectivity index (χ0n) is 26.4. The van der Waals surface area contributed by atoms with E-state index in [0.29, 0.717) is 30.9 Å². The van der Waals surface area contributed by atoms with Gasteiger partial charge in [0.25, 0.3) is 0 Å². The van der Waals surface area contributed by atoms with E-state index in [9.17, 15) is 4.57 Å². The van der Waals surface area contributed by atoms with Gasteiger partial charge in [0.05, 0.1) is 17.8 Å². The third-order valence-corrected chi connectivity index (χ3v) is 9.48. The Balaban J connectivity index is 1.43. The van der Waals surface area contributed by atoms with Crippen molar-refractivity contribution in [1.29, 1.82) is 0 Å². The fraction of sp³-hybridized carbons (Fsp3) is 0.441. The Bertz CT molecular complexity index is 1480. The minimum atomic E-state index is -3.91. The summed E-state index contributed by atoms with van der Waals surface area (Å²) < 4.78 is 52.0. The highest BCUT2D eigenvalue weighted by molar-refractivity contribution is 7.99. The Labute approximate surface area is 260 Å². The van der Waals surface area contributed by atoms with Gasteiger partial charge in [-0.2, -0.15) is 0 Å². The third-order valence-electron chi connectivity index (χ3n) is 6.52. The topological polar surface area (TPSA) is 66.4 Å². The summed E-state index contributed by atoms with van der Waals surface area (Å²) in [5.41, 5.74) is 1.40. The second kappa shape index (κ2) is 13.3. The molecule has 0 aliphatic carbocycles. The van der Waals surface area contributed by atoms with Crippen LogP contribution in [0, 0.1) is 12.7 Å². The molecule has 0 radical (unpaired) electrons. The average Bonchev–Trinajstić information content (AvgIpc) is 3.26. The number of ether oxygens (including phenoxy) is 1. The molecule has 0 spiro atoms. The van der Waals surface area contributed by atoms with Gasteiger partial charge < -0.3 is 4.74 Å². The number of rotatable bonds is 11. The van der Waals surface area contributed by atoms with E-state index in [1.54, 1.807) is 66.3 Å². The smallest absolute Gasteiger partial charge is 0.475 e. The molecule has 3 aromatic carbocycles. The third kappa shape index (κ3) is 10.0. The number of hydrogen-bond donors (Lipinski definition) is 0. The predicted octanol–water partition coefficient (Wildman–Crippen LogP) is 9.83. The van der Waals surface area contributed by atoms with E-state index >= 15 is 4.39 Å². The maximum absolute atomic E-state index is 15.1. The maximum atomic E-state index is 15.1. The second-order valence-electron chi connectivity index (χ2n) is 13.0. The highest BCUT2D eigenvalue weighted by Gasteiger charge is 2.43. The molecule has 0 saturated carbocycles. The first kappa shape index (κ1) is 33.4. The molecule has 0 bridgehead atoms. The predicted molar refractivity (Wildman–Crippen MR) is 172 cm³/mol. The van der Waals surface area contributed by atoms with Crippen molar-refractivity contribution in [3.8, 4) is 11.1 Å². The minimum Gasteiger partial charge on any atom is -0.479 e. The molecule has 4 rings (SSSR count). The van der Waals surface area contributed by atoms with Gasteiger partial charge in [-0.05, 0) is 96.7 Å². The van der Waals surface area contributed by atoms with Crippen LogP contribution in [-0.4, -0.2) is 35.9 Å². The van der Waals surface area contributed by atoms with Crippen molar-refractivity contribution in [2.24, 2.45) is 4.99 Å². The van der Waals surface area contributed by atoms with E-state index in [4.69, 9.17) is 23.3 Å². The van der Waals surface area contributed by atoms with E-state index in [2.05, 4.69) is 6.07 Å². The number of phosphoric ester groups is 1. The lowest BCUT2D eigenvalue weighted by molar-refractivity contribution is -0.00465. The number of aliphatic imine (C=N–C) groups is 1. The molecule has 0 N–H and O–H groups in total. The Morgan fingerprint density at radius 2 is 1.58 bits per heavy atom. The van der Waals surface area contributed by atoms with Crippen LogP contribution in [0.5, 0.6) is 0 Å². The Kier molecular flexibility index (Phi) is 10.3. The van der Waals surface area contributed by atoms with Crippen LogP contribution in [0.25, 0.3) is 11.1 Å². The van der Waals surface area contributed by atoms with E-state index in [1.165, 1.54) is 5.56 Å². The van der Waals surface area contributed by atoms with Crippen molar-refractivity contribution in [3.63, 3.8) is 0 Å². The van der Waals surface area contributed by atoms with Gasteiger partial charge in [-0.1, -0.05) is 59.8 Å². The normalized spacial score (nSPS) is 17.6. The lowest BCUT2D eigenvalue weighted by atomic mass is 9.93. The SMILES string of the molecule is CC1=NC(CCc2ccc(-c3ccc(Sc4cccc(C)c4)cc3F)cc2)(COP(=O)(OC(C)(C)C)OC(C)(C)C)CO1. The lowest BCUT2D eigenvalue weighted by Crippen LogP contribution is -2.36. The summed E-state index contributed by atoms with van der Waals surface area (Å²) in [5.74, 6) is 0.301. The van der Waals surface area contributed by atoms with Gasteiger partial charge in [0.2, 0.25) is 0 Å². The van der Waals surface area contributed by atoms with Crippen LogP contribution < -0.4 is 0 Å². The van der Waals surface area contributed by atoms with Crippen molar-refractivity contribution in [3.05, 3.63) is 83.7 Å². The number of phosphoric acid groups is 1. The fourth-order valence-electron chi connectivity index (χ4n) is 4.69. The summed E-state index contributed by atoms with van der Waals surface area (Å²) in [4.78, 5) is 6.68. The molecule has 1 heterocycles. The molecular weight excluding hydrogens is 584 g/mol. The Morgan fingerprint density at radius 1 is 0.930 bits per heavy atom. The van der Waals surface area contributed by atoms with Crippen LogP contribution in [-0.2, 0) is 29.3 Å². The molecule has 0 fully saturated rings. The van der Waals surface area contributed by atoms with E-state index in [0.717, 1.165) is 20.9 Å². The van der Waals surface area contributed by atoms with Crippen LogP contribution in [0.15, 0.2) is 81.5 Å². The number of aryl methyl sites for hydroxylation is 2. The van der Waals surface area contributed by atoms with Crippen molar-refractivity contribution in [2.45, 2.75) is 94.8 Å². The number of halogens is 1. The van der Waals surface area contributed by atoms with E-state index in [1.807, 2.05) is 61.5 Å². The van der Waals surface area contributed by atoms with Gasteiger partial charge in [0.15, 0.2) is 5.90 Å². The lowest BCUT2D eigenvalue weighted by Gasteiger charge is -2.33. The van der Waals surface area contributed by atoms with Gasteiger partial charge in [0, 0.05) is 22.3 Å². The van der Waals surface area contributed by atoms with Crippen molar-refractivity contribution >= 4 is 25.5 Å². The zero-order valence-corrected chi connectivity index (χ0v) is 28.1. The minimum absolute atomic E-state index is 0.0178. The summed E-state index contributed by atoms with van der Waals surface area (Å²) in [5, 5.41) is 0. The number of benzene rings is 3. The van der Waals surface area contributed by atoms with Crippen LogP contribution in [0.4, 0.5) is 4.39 Å². The Hall–Kier alpha value is -2.48. The molecular formula is C34H43FNO5PS. The van der Waals surface area contributed by atoms with Crippen molar-refractivity contribution in [2.75, 3.05) is 13.2 Å². The van der Waals surface area contributed by atoms with Gasteiger partial charge in [0.1, 0.15) is 18.0 Å². The molecule has 6 nitrogen and oxygen atoms in total. The summed E-state index contributed by atoms with van der Waals surface area (Å²) in [6.45, 7) is 15.0. The largest absolute Gasteiger partial charge is 0.479 e. The highest BCUT2D eigenvalue weighted by atomic mass is 32.2. The molecule has 0 saturated heterocycles. The summed E-state index contributed by atoms with van der Waals surface area (Å²) in [6, 6.07) is 21.4. The van der Waals surface area contributed by atoms with Gasteiger partial charge in [-0.15, -0.1) is 0 Å². The molecule has 1 atom stereocenters. The quantitative estimate of drug-likeness (QED) is 0.197. The summed E-state index contributed by atoms with van der Waals surface area (Å²) in [7, 11) is -3.91. The first-order chi connectivity index (χ1) is 20.0.